The Bertz CT molecular complexity index is 1000. The van der Waals surface area contributed by atoms with E-state index in [-0.39, 0.29) is 11.7 Å². The largest absolute Gasteiger partial charge is 0.470 e. The van der Waals surface area contributed by atoms with Crippen molar-refractivity contribution >= 4 is 19.5 Å². The van der Waals surface area contributed by atoms with E-state index in [9.17, 15) is 24.4 Å². The summed E-state index contributed by atoms with van der Waals surface area (Å²) in [6.45, 7) is 1.60. The number of carbonyl (C=O) groups is 1. The Labute approximate surface area is 249 Å². The number of anilines is 1. The summed E-state index contributed by atoms with van der Waals surface area (Å²) in [6.07, 6.45) is 17.0. The standard InChI is InChI=1S/C29H52N3O9P/c1-2-3-4-5-6-7-8-9-10-11-12-13-14-15-16-17-18-19-25(34)30-24-20-21-32(29(36)31-24)28-27(41-42(37,38)39)26(35)23(22-33)40-28/h20-21,23,26-28,33,35H,2-19,22H2,1H3,(H2,37,38,39)(H,30,31,34,36)/t23-,26-,27-,28-/m1/s1. The molecule has 0 unspecified atom stereocenters. The van der Waals surface area contributed by atoms with Gasteiger partial charge in [-0.3, -0.25) is 13.9 Å². The number of amides is 1. The normalized spacial score (nSPS) is 20.7. The first-order valence-electron chi connectivity index (χ1n) is 15.7. The summed E-state index contributed by atoms with van der Waals surface area (Å²) >= 11 is 0. The molecule has 13 heteroatoms. The molecule has 1 saturated heterocycles. The molecule has 42 heavy (non-hydrogen) atoms. The molecule has 1 aromatic heterocycles. The van der Waals surface area contributed by atoms with Gasteiger partial charge in [-0.05, 0) is 12.5 Å². The molecule has 2 rings (SSSR count). The summed E-state index contributed by atoms with van der Waals surface area (Å²) < 4.78 is 22.2. The lowest BCUT2D eigenvalue weighted by Crippen LogP contribution is -2.37. The summed E-state index contributed by atoms with van der Waals surface area (Å²) in [6, 6.07) is 1.34. The maximum Gasteiger partial charge on any atom is 0.470 e. The van der Waals surface area contributed by atoms with E-state index >= 15 is 0 Å². The van der Waals surface area contributed by atoms with E-state index in [0.29, 0.717) is 6.42 Å². The topological polar surface area (TPSA) is 180 Å². The monoisotopic (exact) mass is 617 g/mol. The fourth-order valence-electron chi connectivity index (χ4n) is 5.26. The van der Waals surface area contributed by atoms with Crippen molar-refractivity contribution in [3.05, 3.63) is 22.7 Å². The second kappa shape index (κ2) is 20.3. The van der Waals surface area contributed by atoms with Crippen LogP contribution < -0.4 is 11.0 Å². The number of phosphoric acid groups is 1. The highest BCUT2D eigenvalue weighted by molar-refractivity contribution is 7.46. The van der Waals surface area contributed by atoms with Crippen LogP contribution in [0.3, 0.4) is 0 Å². The molecule has 1 aromatic rings. The molecule has 0 aromatic carbocycles. The highest BCUT2D eigenvalue weighted by Gasteiger charge is 2.48. The Hall–Kier alpha value is -1.66. The van der Waals surface area contributed by atoms with Crippen LogP contribution in [0.1, 0.15) is 129 Å². The van der Waals surface area contributed by atoms with Crippen molar-refractivity contribution in [3.63, 3.8) is 0 Å². The number of hydrogen-bond donors (Lipinski definition) is 5. The van der Waals surface area contributed by atoms with Gasteiger partial charge in [-0.2, -0.15) is 4.98 Å². The minimum atomic E-state index is -5.04. The summed E-state index contributed by atoms with van der Waals surface area (Å²) in [5.74, 6) is -0.242. The molecular formula is C29H52N3O9P. The Morgan fingerprint density at radius 1 is 0.952 bits per heavy atom. The van der Waals surface area contributed by atoms with Gasteiger partial charge < -0.3 is 30.1 Å². The predicted octanol–water partition coefficient (Wildman–Crippen LogP) is 4.95. The molecule has 4 atom stereocenters. The maximum atomic E-state index is 12.6. The molecule has 0 spiro atoms. The molecule has 1 fully saturated rings. The predicted molar refractivity (Wildman–Crippen MR) is 160 cm³/mol. The van der Waals surface area contributed by atoms with Crippen molar-refractivity contribution in [1.82, 2.24) is 9.55 Å². The minimum Gasteiger partial charge on any atom is -0.394 e. The Balaban J connectivity index is 1.58. The number of rotatable bonds is 23. The fourth-order valence-corrected chi connectivity index (χ4v) is 5.80. The number of ether oxygens (including phenoxy) is 1. The number of unbranched alkanes of at least 4 members (excludes halogenated alkanes) is 16. The molecule has 2 heterocycles. The first kappa shape index (κ1) is 36.5. The SMILES string of the molecule is CCCCCCCCCCCCCCCCCCCC(=O)Nc1ccn([C@@H]2O[C@H](CO)[C@@H](O)[C@H]2OP(=O)(O)O)c(=O)n1. The number of aromatic nitrogens is 2. The molecule has 1 aliphatic heterocycles. The molecule has 0 bridgehead atoms. The lowest BCUT2D eigenvalue weighted by molar-refractivity contribution is -0.116. The number of hydrogen-bond acceptors (Lipinski definition) is 8. The van der Waals surface area contributed by atoms with Crippen LogP contribution in [0.25, 0.3) is 0 Å². The van der Waals surface area contributed by atoms with E-state index in [1.54, 1.807) is 0 Å². The van der Waals surface area contributed by atoms with Gasteiger partial charge in [0.2, 0.25) is 5.91 Å². The van der Waals surface area contributed by atoms with E-state index in [4.69, 9.17) is 14.5 Å². The van der Waals surface area contributed by atoms with Crippen LogP contribution in [0.2, 0.25) is 0 Å². The van der Waals surface area contributed by atoms with Gasteiger partial charge >= 0.3 is 13.5 Å². The molecular weight excluding hydrogens is 565 g/mol. The second-order valence-electron chi connectivity index (χ2n) is 11.3. The Kier molecular flexibility index (Phi) is 17.7. The highest BCUT2D eigenvalue weighted by Crippen LogP contribution is 2.44. The summed E-state index contributed by atoms with van der Waals surface area (Å²) in [5.41, 5.74) is -0.888. The summed E-state index contributed by atoms with van der Waals surface area (Å²) in [7, 11) is -5.04. The van der Waals surface area contributed by atoms with E-state index < -0.39 is 44.7 Å². The molecule has 1 amide bonds. The van der Waals surface area contributed by atoms with Gasteiger partial charge in [0, 0.05) is 12.6 Å². The second-order valence-corrected chi connectivity index (χ2v) is 12.4. The molecule has 242 valence electrons. The molecule has 12 nitrogen and oxygen atoms in total. The third kappa shape index (κ3) is 14.2. The lowest BCUT2D eigenvalue weighted by atomic mass is 10.0. The minimum absolute atomic E-state index is 0.0259. The van der Waals surface area contributed by atoms with Crippen molar-refractivity contribution in [3.8, 4) is 0 Å². The van der Waals surface area contributed by atoms with E-state index in [1.807, 2.05) is 0 Å². The van der Waals surface area contributed by atoms with Crippen molar-refractivity contribution < 1.29 is 38.6 Å². The van der Waals surface area contributed by atoms with Gasteiger partial charge in [-0.25, -0.2) is 9.36 Å². The summed E-state index contributed by atoms with van der Waals surface area (Å²) in [5, 5.41) is 22.1. The van der Waals surface area contributed by atoms with Crippen LogP contribution in [-0.4, -0.2) is 60.4 Å². The molecule has 5 N–H and O–H groups in total. The number of phosphoric ester groups is 1. The van der Waals surface area contributed by atoms with Crippen LogP contribution in [-0.2, 0) is 18.6 Å². The van der Waals surface area contributed by atoms with Crippen LogP contribution in [0.15, 0.2) is 17.1 Å². The molecule has 1 aliphatic rings. The Morgan fingerprint density at radius 2 is 1.45 bits per heavy atom. The maximum absolute atomic E-state index is 12.6. The number of carbonyl (C=O) groups excluding carboxylic acids is 1. The van der Waals surface area contributed by atoms with Crippen molar-refractivity contribution in [2.75, 3.05) is 11.9 Å². The first-order valence-corrected chi connectivity index (χ1v) is 17.3. The highest BCUT2D eigenvalue weighted by atomic mass is 31.2. The van der Waals surface area contributed by atoms with Crippen molar-refractivity contribution in [2.24, 2.45) is 0 Å². The molecule has 0 saturated carbocycles. The van der Waals surface area contributed by atoms with Gasteiger partial charge in [-0.1, -0.05) is 110 Å². The average molecular weight is 618 g/mol. The molecule has 0 radical (unpaired) electrons. The number of nitrogens with zero attached hydrogens (tertiary/aromatic N) is 2. The number of aliphatic hydroxyl groups is 2. The first-order chi connectivity index (χ1) is 20.2. The van der Waals surface area contributed by atoms with Gasteiger partial charge in [0.1, 0.15) is 24.1 Å². The van der Waals surface area contributed by atoms with Crippen molar-refractivity contribution in [2.45, 2.75) is 147 Å². The van der Waals surface area contributed by atoms with Crippen LogP contribution in [0.5, 0.6) is 0 Å². The number of nitrogens with one attached hydrogen (secondary N) is 1. The van der Waals surface area contributed by atoms with E-state index in [0.717, 1.165) is 23.8 Å². The van der Waals surface area contributed by atoms with Crippen molar-refractivity contribution in [1.29, 1.82) is 0 Å². The van der Waals surface area contributed by atoms with Crippen LogP contribution in [0, 0.1) is 0 Å². The zero-order valence-corrected chi connectivity index (χ0v) is 26.0. The van der Waals surface area contributed by atoms with Crippen LogP contribution in [0.4, 0.5) is 5.82 Å². The van der Waals surface area contributed by atoms with Gasteiger partial charge in [0.15, 0.2) is 6.23 Å². The third-order valence-corrected chi connectivity index (χ3v) is 8.15. The lowest BCUT2D eigenvalue weighted by Gasteiger charge is -2.22. The summed E-state index contributed by atoms with van der Waals surface area (Å²) in [4.78, 5) is 47.0. The smallest absolute Gasteiger partial charge is 0.394 e. The van der Waals surface area contributed by atoms with E-state index in [2.05, 4.69) is 21.7 Å². The van der Waals surface area contributed by atoms with Gasteiger partial charge in [0.05, 0.1) is 6.61 Å². The average Bonchev–Trinajstić information content (AvgIpc) is 3.23. The zero-order chi connectivity index (χ0) is 30.8. The third-order valence-electron chi connectivity index (χ3n) is 7.63. The van der Waals surface area contributed by atoms with Gasteiger partial charge in [-0.15, -0.1) is 0 Å². The number of aliphatic hydroxyl groups excluding tert-OH is 2. The fraction of sp³-hybridized carbons (Fsp3) is 0.828. The molecule has 0 aliphatic carbocycles. The van der Waals surface area contributed by atoms with E-state index in [1.165, 1.54) is 102 Å². The van der Waals surface area contributed by atoms with Gasteiger partial charge in [0.25, 0.3) is 0 Å². The quantitative estimate of drug-likeness (QED) is 0.0832. The Morgan fingerprint density at radius 3 is 1.90 bits per heavy atom. The zero-order valence-electron chi connectivity index (χ0n) is 25.1. The van der Waals surface area contributed by atoms with Crippen LogP contribution >= 0.6 is 7.82 Å².